The summed E-state index contributed by atoms with van der Waals surface area (Å²) in [5.41, 5.74) is 11.2. The standard InChI is InChI=1S/C21H19N2.C20H16NO.Ir/c1-2-9-16(10-3-1)21-22-19-14-18(15-7-4-5-8-15)13-17-11-6-12-23(21)20(17)19;1-13(2)14-10-11-21-18(12-14)17-8-5-7-16-15-6-3-4-9-19(15)22-20(16)17;/h1-3,6,9,11,13-15H,4-5,7-8,12H2;3-7,9-13H,1-2H3;/q2*-1;. The van der Waals surface area contributed by atoms with Gasteiger partial charge in [-0.25, -0.2) is 0 Å². The van der Waals surface area contributed by atoms with Crippen LogP contribution in [0.3, 0.4) is 0 Å². The SMILES string of the molecule is CC(C)c1ccnc(-c2[c-]ccc3c2oc2ccccc23)c1.[Ir].[c-]1ccccc1-c1nc2cc(C3CCCC3)cc3c2n1CC=C3. The molecule has 3 aromatic heterocycles. The number of hydrogen-bond donors (Lipinski definition) is 0. The van der Waals surface area contributed by atoms with E-state index in [1.165, 1.54) is 47.9 Å². The van der Waals surface area contributed by atoms with Crippen molar-refractivity contribution >= 4 is 39.0 Å². The van der Waals surface area contributed by atoms with Crippen LogP contribution in [-0.4, -0.2) is 14.5 Å². The van der Waals surface area contributed by atoms with Crippen LogP contribution >= 0.6 is 0 Å². The quantitative estimate of drug-likeness (QED) is 0.167. The molecule has 1 aliphatic carbocycles. The molecule has 1 radical (unpaired) electrons. The second-order valence-electron chi connectivity index (χ2n) is 12.5. The van der Waals surface area contributed by atoms with Gasteiger partial charge in [0.2, 0.25) is 0 Å². The van der Waals surface area contributed by atoms with Crippen molar-refractivity contribution in [1.29, 1.82) is 0 Å². The fraction of sp³-hybridized carbons (Fsp3) is 0.220. The maximum Gasteiger partial charge on any atom is 0.120 e. The van der Waals surface area contributed by atoms with E-state index in [1.54, 1.807) is 0 Å². The first-order valence-corrected chi connectivity index (χ1v) is 16.1. The Balaban J connectivity index is 0.000000144. The molecule has 46 heavy (non-hydrogen) atoms. The number of rotatable bonds is 4. The molecule has 4 aromatic carbocycles. The van der Waals surface area contributed by atoms with Crippen LogP contribution in [0.1, 0.15) is 68.1 Å². The number of nitrogens with zero attached hydrogens (tertiary/aromatic N) is 3. The van der Waals surface area contributed by atoms with Gasteiger partial charge in [0.25, 0.3) is 0 Å². The van der Waals surface area contributed by atoms with E-state index in [0.717, 1.165) is 62.6 Å². The van der Waals surface area contributed by atoms with Gasteiger partial charge in [0.1, 0.15) is 5.58 Å². The van der Waals surface area contributed by atoms with Crippen LogP contribution in [-0.2, 0) is 26.7 Å². The van der Waals surface area contributed by atoms with E-state index in [9.17, 15) is 0 Å². The number of allylic oxidation sites excluding steroid dienone is 1. The summed E-state index contributed by atoms with van der Waals surface area (Å²) >= 11 is 0. The van der Waals surface area contributed by atoms with Crippen molar-refractivity contribution in [3.05, 3.63) is 126 Å². The smallest absolute Gasteiger partial charge is 0.120 e. The summed E-state index contributed by atoms with van der Waals surface area (Å²) < 4.78 is 8.40. The molecule has 0 spiro atoms. The predicted octanol–water partition coefficient (Wildman–Crippen LogP) is 10.8. The van der Waals surface area contributed by atoms with E-state index in [1.807, 2.05) is 42.6 Å². The minimum Gasteiger partial charge on any atom is -0.501 e. The fourth-order valence-corrected chi connectivity index (χ4v) is 6.97. The van der Waals surface area contributed by atoms with Crippen molar-refractivity contribution in [2.75, 3.05) is 0 Å². The number of fused-ring (bicyclic) bond motifs is 3. The van der Waals surface area contributed by atoms with Crippen molar-refractivity contribution in [3.63, 3.8) is 0 Å². The van der Waals surface area contributed by atoms with E-state index in [2.05, 4.69) is 96.2 Å². The van der Waals surface area contributed by atoms with Crippen LogP contribution in [0.15, 0.2) is 102 Å². The third-order valence-electron chi connectivity index (χ3n) is 9.30. The molecule has 0 saturated heterocycles. The molecule has 4 nitrogen and oxygen atoms in total. The van der Waals surface area contributed by atoms with Gasteiger partial charge in [-0.05, 0) is 65.8 Å². The van der Waals surface area contributed by atoms with Crippen molar-refractivity contribution < 1.29 is 24.5 Å². The maximum absolute atomic E-state index is 6.07. The Morgan fingerprint density at radius 2 is 1.74 bits per heavy atom. The number of benzene rings is 4. The Kier molecular flexibility index (Phi) is 8.46. The monoisotopic (exact) mass is 778 g/mol. The van der Waals surface area contributed by atoms with E-state index in [0.29, 0.717) is 5.92 Å². The molecule has 0 atom stereocenters. The van der Waals surface area contributed by atoms with Crippen molar-refractivity contribution in [1.82, 2.24) is 14.5 Å². The topological polar surface area (TPSA) is 43.9 Å². The molecule has 4 heterocycles. The predicted molar refractivity (Wildman–Crippen MR) is 184 cm³/mol. The van der Waals surface area contributed by atoms with Crippen LogP contribution in [0, 0.1) is 12.1 Å². The van der Waals surface area contributed by atoms with Gasteiger partial charge in [-0.1, -0.05) is 79.6 Å². The summed E-state index contributed by atoms with van der Waals surface area (Å²) in [6, 6.07) is 35.8. The molecule has 1 saturated carbocycles. The van der Waals surface area contributed by atoms with Gasteiger partial charge in [-0.3, -0.25) is 4.98 Å². The third kappa shape index (κ3) is 5.53. The Hall–Kier alpha value is -4.31. The molecule has 0 N–H and O–H groups in total. The van der Waals surface area contributed by atoms with E-state index < -0.39 is 0 Å². The average molecular weight is 778 g/mol. The Morgan fingerprint density at radius 3 is 2.57 bits per heavy atom. The van der Waals surface area contributed by atoms with Crippen molar-refractivity contribution in [2.24, 2.45) is 0 Å². The van der Waals surface area contributed by atoms with E-state index in [4.69, 9.17) is 9.40 Å². The molecular weight excluding hydrogens is 743 g/mol. The molecule has 0 unspecified atom stereocenters. The number of furan rings is 1. The molecule has 9 rings (SSSR count). The zero-order chi connectivity index (χ0) is 30.3. The molecule has 2 aliphatic rings. The first-order chi connectivity index (χ1) is 22.1. The van der Waals surface area contributed by atoms with Crippen LogP contribution in [0.5, 0.6) is 0 Å². The van der Waals surface area contributed by atoms with Crippen LogP contribution in [0.2, 0.25) is 0 Å². The van der Waals surface area contributed by atoms with Gasteiger partial charge in [0, 0.05) is 38.2 Å². The summed E-state index contributed by atoms with van der Waals surface area (Å²) in [5.74, 6) is 2.23. The van der Waals surface area contributed by atoms with Crippen LogP contribution < -0.4 is 0 Å². The molecule has 0 bridgehead atoms. The molecular formula is C41H35IrN3O-2. The van der Waals surface area contributed by atoms with Crippen LogP contribution in [0.25, 0.3) is 61.7 Å². The molecule has 5 heteroatoms. The fourth-order valence-electron chi connectivity index (χ4n) is 6.97. The zero-order valence-corrected chi connectivity index (χ0v) is 28.5. The second kappa shape index (κ2) is 12.8. The van der Waals surface area contributed by atoms with Crippen LogP contribution in [0.4, 0.5) is 0 Å². The Bertz CT molecular complexity index is 2180. The van der Waals surface area contributed by atoms with Gasteiger partial charge < -0.3 is 14.0 Å². The zero-order valence-electron chi connectivity index (χ0n) is 26.1. The summed E-state index contributed by atoms with van der Waals surface area (Å²) in [5, 5.41) is 2.24. The number of pyridine rings is 1. The minimum absolute atomic E-state index is 0. The molecule has 1 aliphatic heterocycles. The van der Waals surface area contributed by atoms with Crippen molar-refractivity contribution in [3.8, 4) is 22.6 Å². The molecule has 7 aromatic rings. The number of hydrogen-bond acceptors (Lipinski definition) is 3. The molecule has 231 valence electrons. The Morgan fingerprint density at radius 1 is 0.891 bits per heavy atom. The second-order valence-corrected chi connectivity index (χ2v) is 12.5. The minimum atomic E-state index is 0. The summed E-state index contributed by atoms with van der Waals surface area (Å²) in [6.07, 6.45) is 11.8. The summed E-state index contributed by atoms with van der Waals surface area (Å²) in [7, 11) is 0. The number of para-hydroxylation sites is 1. The Labute approximate surface area is 283 Å². The van der Waals surface area contributed by atoms with Gasteiger partial charge in [-0.15, -0.1) is 54.1 Å². The number of imidazole rings is 1. The first kappa shape index (κ1) is 30.3. The normalized spacial score (nSPS) is 14.2. The number of aromatic nitrogens is 3. The van der Waals surface area contributed by atoms with Gasteiger partial charge in [0.15, 0.2) is 0 Å². The van der Waals surface area contributed by atoms with Gasteiger partial charge in [-0.2, -0.15) is 0 Å². The van der Waals surface area contributed by atoms with E-state index in [-0.39, 0.29) is 20.1 Å². The van der Waals surface area contributed by atoms with Gasteiger partial charge in [0.05, 0.1) is 22.4 Å². The summed E-state index contributed by atoms with van der Waals surface area (Å²) in [6.45, 7) is 5.26. The largest absolute Gasteiger partial charge is 0.501 e. The maximum atomic E-state index is 6.07. The summed E-state index contributed by atoms with van der Waals surface area (Å²) in [4.78, 5) is 9.50. The molecule has 1 fully saturated rings. The molecule has 0 amide bonds. The average Bonchev–Trinajstić information content (AvgIpc) is 3.84. The third-order valence-corrected chi connectivity index (χ3v) is 9.30. The van der Waals surface area contributed by atoms with E-state index >= 15 is 0 Å². The van der Waals surface area contributed by atoms with Gasteiger partial charge >= 0.3 is 0 Å². The van der Waals surface area contributed by atoms with Crippen molar-refractivity contribution in [2.45, 2.75) is 57.9 Å². The first-order valence-electron chi connectivity index (χ1n) is 16.1.